The van der Waals surface area contributed by atoms with E-state index in [0.29, 0.717) is 11.1 Å². The van der Waals surface area contributed by atoms with Crippen LogP contribution in [-0.4, -0.2) is 12.6 Å². The molecule has 0 aliphatic heterocycles. The standard InChI is InChI=1S/C18H14O2/c1-2-14-20-18(19)17-11-7-6-10-16(17)13-12-15-8-4-3-5-9-15/h2-11H,1,14H2. The van der Waals surface area contributed by atoms with Crippen LogP contribution in [0.4, 0.5) is 0 Å². The number of carbonyl (C=O) groups excluding carboxylic acids is 1. The first-order valence-corrected chi connectivity index (χ1v) is 6.25. The summed E-state index contributed by atoms with van der Waals surface area (Å²) in [5.41, 5.74) is 2.03. The van der Waals surface area contributed by atoms with Gasteiger partial charge in [-0.2, -0.15) is 0 Å². The van der Waals surface area contributed by atoms with E-state index in [1.807, 2.05) is 36.4 Å². The number of hydrogen-bond acceptors (Lipinski definition) is 2. The van der Waals surface area contributed by atoms with Gasteiger partial charge in [-0.1, -0.05) is 54.8 Å². The number of ether oxygens (including phenoxy) is 1. The summed E-state index contributed by atoms with van der Waals surface area (Å²) in [4.78, 5) is 11.9. The van der Waals surface area contributed by atoms with Crippen LogP contribution in [0.15, 0.2) is 67.3 Å². The van der Waals surface area contributed by atoms with Crippen molar-refractivity contribution in [2.45, 2.75) is 0 Å². The Labute approximate surface area is 118 Å². The van der Waals surface area contributed by atoms with E-state index in [2.05, 4.69) is 18.4 Å². The monoisotopic (exact) mass is 262 g/mol. The second-order valence-electron chi connectivity index (χ2n) is 4.05. The molecule has 0 amide bonds. The summed E-state index contributed by atoms with van der Waals surface area (Å²) in [7, 11) is 0. The van der Waals surface area contributed by atoms with Gasteiger partial charge in [-0.3, -0.25) is 0 Å². The van der Waals surface area contributed by atoms with Crippen molar-refractivity contribution in [2.75, 3.05) is 6.61 Å². The Morgan fingerprint density at radius 3 is 2.50 bits per heavy atom. The Morgan fingerprint density at radius 2 is 1.75 bits per heavy atom. The SMILES string of the molecule is C=CCOC(=O)c1ccccc1C#Cc1ccccc1. The highest BCUT2D eigenvalue weighted by Crippen LogP contribution is 2.09. The average molecular weight is 262 g/mol. The Hall–Kier alpha value is -2.79. The van der Waals surface area contributed by atoms with Crippen LogP contribution in [0.5, 0.6) is 0 Å². The maximum Gasteiger partial charge on any atom is 0.339 e. The van der Waals surface area contributed by atoms with Crippen molar-refractivity contribution in [1.29, 1.82) is 0 Å². The number of hydrogen-bond donors (Lipinski definition) is 0. The van der Waals surface area contributed by atoms with Gasteiger partial charge in [-0.05, 0) is 24.3 Å². The van der Waals surface area contributed by atoms with Gasteiger partial charge in [-0.25, -0.2) is 4.79 Å². The van der Waals surface area contributed by atoms with E-state index in [0.717, 1.165) is 5.56 Å². The summed E-state index contributed by atoms with van der Waals surface area (Å²) in [6.45, 7) is 3.71. The van der Waals surface area contributed by atoms with Crippen molar-refractivity contribution in [3.8, 4) is 11.8 Å². The van der Waals surface area contributed by atoms with Gasteiger partial charge < -0.3 is 4.74 Å². The summed E-state index contributed by atoms with van der Waals surface area (Å²) in [6, 6.07) is 16.8. The molecule has 0 aliphatic carbocycles. The van der Waals surface area contributed by atoms with Gasteiger partial charge in [-0.15, -0.1) is 0 Å². The van der Waals surface area contributed by atoms with E-state index < -0.39 is 0 Å². The Morgan fingerprint density at radius 1 is 1.05 bits per heavy atom. The first-order valence-electron chi connectivity index (χ1n) is 6.25. The fourth-order valence-electron chi connectivity index (χ4n) is 1.64. The molecule has 0 spiro atoms. The smallest absolute Gasteiger partial charge is 0.339 e. The molecule has 2 aromatic rings. The zero-order valence-electron chi connectivity index (χ0n) is 11.0. The molecule has 0 fully saturated rings. The number of rotatable bonds is 3. The Bertz CT molecular complexity index is 661. The third-order valence-electron chi connectivity index (χ3n) is 2.59. The van der Waals surface area contributed by atoms with E-state index in [9.17, 15) is 4.79 Å². The largest absolute Gasteiger partial charge is 0.458 e. The summed E-state index contributed by atoms with van der Waals surface area (Å²) in [5.74, 6) is 5.66. The molecule has 2 heteroatoms. The van der Waals surface area contributed by atoms with Gasteiger partial charge in [0, 0.05) is 11.1 Å². The third-order valence-corrected chi connectivity index (χ3v) is 2.59. The molecule has 0 unspecified atom stereocenters. The van der Waals surface area contributed by atoms with Gasteiger partial charge in [0.05, 0.1) is 5.56 Å². The molecule has 0 radical (unpaired) electrons. The molecular weight excluding hydrogens is 248 g/mol. The van der Waals surface area contributed by atoms with Crippen molar-refractivity contribution in [3.05, 3.63) is 83.9 Å². The molecule has 0 saturated carbocycles. The van der Waals surface area contributed by atoms with Crippen molar-refractivity contribution in [3.63, 3.8) is 0 Å². The minimum atomic E-state index is -0.386. The van der Waals surface area contributed by atoms with E-state index in [1.54, 1.807) is 18.2 Å². The maximum absolute atomic E-state index is 11.9. The van der Waals surface area contributed by atoms with Crippen LogP contribution < -0.4 is 0 Å². The fourth-order valence-corrected chi connectivity index (χ4v) is 1.64. The van der Waals surface area contributed by atoms with Crippen LogP contribution in [0.3, 0.4) is 0 Å². The van der Waals surface area contributed by atoms with Crippen molar-refractivity contribution >= 4 is 5.97 Å². The van der Waals surface area contributed by atoms with Crippen LogP contribution in [0.2, 0.25) is 0 Å². The Balaban J connectivity index is 2.27. The molecule has 2 rings (SSSR count). The lowest BCUT2D eigenvalue weighted by atomic mass is 10.1. The quantitative estimate of drug-likeness (QED) is 0.481. The molecule has 2 aromatic carbocycles. The molecule has 0 saturated heterocycles. The highest BCUT2D eigenvalue weighted by Gasteiger charge is 2.09. The second-order valence-corrected chi connectivity index (χ2v) is 4.05. The first-order chi connectivity index (χ1) is 9.81. The molecule has 0 aliphatic rings. The molecule has 0 aromatic heterocycles. The Kier molecular flexibility index (Phi) is 4.75. The van der Waals surface area contributed by atoms with Crippen molar-refractivity contribution in [1.82, 2.24) is 0 Å². The summed E-state index contributed by atoms with van der Waals surface area (Å²) >= 11 is 0. The van der Waals surface area contributed by atoms with Gasteiger partial charge in [0.1, 0.15) is 6.61 Å². The average Bonchev–Trinajstić information content (AvgIpc) is 2.52. The maximum atomic E-state index is 11.9. The highest BCUT2D eigenvalue weighted by molar-refractivity contribution is 5.92. The van der Waals surface area contributed by atoms with Crippen LogP contribution >= 0.6 is 0 Å². The van der Waals surface area contributed by atoms with Crippen LogP contribution in [0.25, 0.3) is 0 Å². The third kappa shape index (κ3) is 3.60. The zero-order chi connectivity index (χ0) is 14.2. The molecule has 0 N–H and O–H groups in total. The normalized spacial score (nSPS) is 9.20. The number of benzene rings is 2. The van der Waals surface area contributed by atoms with E-state index in [4.69, 9.17) is 4.74 Å². The van der Waals surface area contributed by atoms with Gasteiger partial charge in [0.15, 0.2) is 0 Å². The predicted octanol–water partition coefficient (Wildman–Crippen LogP) is 3.43. The topological polar surface area (TPSA) is 26.3 Å². The molecular formula is C18H14O2. The lowest BCUT2D eigenvalue weighted by Gasteiger charge is -2.03. The molecule has 0 atom stereocenters. The summed E-state index contributed by atoms with van der Waals surface area (Å²) < 4.78 is 5.05. The second kappa shape index (κ2) is 6.96. The van der Waals surface area contributed by atoms with Gasteiger partial charge in [0.2, 0.25) is 0 Å². The number of esters is 1. The van der Waals surface area contributed by atoms with Crippen LogP contribution in [-0.2, 0) is 4.74 Å². The van der Waals surface area contributed by atoms with E-state index >= 15 is 0 Å². The van der Waals surface area contributed by atoms with Crippen molar-refractivity contribution in [2.24, 2.45) is 0 Å². The lowest BCUT2D eigenvalue weighted by molar-refractivity contribution is 0.0549. The molecule has 20 heavy (non-hydrogen) atoms. The lowest BCUT2D eigenvalue weighted by Crippen LogP contribution is -2.07. The summed E-state index contributed by atoms with van der Waals surface area (Å²) in [5, 5.41) is 0. The molecule has 98 valence electrons. The van der Waals surface area contributed by atoms with Crippen LogP contribution in [0.1, 0.15) is 21.5 Å². The predicted molar refractivity (Wildman–Crippen MR) is 79.3 cm³/mol. The minimum absolute atomic E-state index is 0.194. The van der Waals surface area contributed by atoms with E-state index in [-0.39, 0.29) is 12.6 Å². The first kappa shape index (κ1) is 13.6. The fraction of sp³-hybridized carbons (Fsp3) is 0.0556. The molecule has 2 nitrogen and oxygen atoms in total. The van der Waals surface area contributed by atoms with Crippen LogP contribution in [0, 0.1) is 11.8 Å². The highest BCUT2D eigenvalue weighted by atomic mass is 16.5. The van der Waals surface area contributed by atoms with Crippen molar-refractivity contribution < 1.29 is 9.53 Å². The molecule has 0 heterocycles. The van der Waals surface area contributed by atoms with E-state index in [1.165, 1.54) is 6.08 Å². The van der Waals surface area contributed by atoms with Gasteiger partial charge >= 0.3 is 5.97 Å². The van der Waals surface area contributed by atoms with Gasteiger partial charge in [0.25, 0.3) is 0 Å². The number of carbonyl (C=O) groups is 1. The summed E-state index contributed by atoms with van der Waals surface area (Å²) in [6.07, 6.45) is 1.54. The zero-order valence-corrected chi connectivity index (χ0v) is 11.0. The minimum Gasteiger partial charge on any atom is -0.458 e. The molecule has 0 bridgehead atoms.